The van der Waals surface area contributed by atoms with Gasteiger partial charge in [-0.05, 0) is 56.2 Å². The topological polar surface area (TPSA) is 49.4 Å². The van der Waals surface area contributed by atoms with Crippen LogP contribution in [-0.2, 0) is 9.59 Å². The first-order chi connectivity index (χ1) is 13.2. The van der Waals surface area contributed by atoms with Crippen molar-refractivity contribution >= 4 is 46.6 Å². The van der Waals surface area contributed by atoms with Crippen LogP contribution in [-0.4, -0.2) is 23.4 Å². The van der Waals surface area contributed by atoms with E-state index in [9.17, 15) is 14.0 Å². The highest BCUT2D eigenvalue weighted by Gasteiger charge is 2.34. The highest BCUT2D eigenvalue weighted by atomic mass is 35.5. The molecular weight excluding hydrogens is 399 g/mol. The minimum atomic E-state index is -0.693. The Balaban J connectivity index is 1.88. The Bertz CT molecular complexity index is 919. The van der Waals surface area contributed by atoms with E-state index in [0.717, 1.165) is 5.56 Å². The Labute approximate surface area is 173 Å². The molecule has 3 rings (SSSR count). The first kappa shape index (κ1) is 20.7. The van der Waals surface area contributed by atoms with Gasteiger partial charge in [-0.2, -0.15) is 0 Å². The van der Waals surface area contributed by atoms with Crippen molar-refractivity contribution in [2.24, 2.45) is 5.41 Å². The molecule has 2 aromatic carbocycles. The fourth-order valence-corrected chi connectivity index (χ4v) is 4.10. The maximum absolute atomic E-state index is 14.0. The van der Waals surface area contributed by atoms with Crippen LogP contribution in [0.15, 0.2) is 42.5 Å². The Kier molecular flexibility index (Phi) is 6.01. The summed E-state index contributed by atoms with van der Waals surface area (Å²) in [6.07, 6.45) is 0. The molecule has 1 N–H and O–H groups in total. The number of carbonyl (C=O) groups excluding carboxylic acids is 2. The van der Waals surface area contributed by atoms with Gasteiger partial charge in [0, 0.05) is 17.3 Å². The number of nitrogens with one attached hydrogen (secondary N) is 1. The van der Waals surface area contributed by atoms with Crippen LogP contribution in [0.4, 0.5) is 15.8 Å². The van der Waals surface area contributed by atoms with Crippen LogP contribution >= 0.6 is 23.4 Å². The number of amides is 2. The molecule has 0 aromatic heterocycles. The molecule has 1 aliphatic heterocycles. The number of halogens is 2. The zero-order chi connectivity index (χ0) is 20.5. The molecule has 1 saturated heterocycles. The molecule has 148 valence electrons. The van der Waals surface area contributed by atoms with Crippen molar-refractivity contribution in [2.45, 2.75) is 26.1 Å². The maximum atomic E-state index is 14.0. The van der Waals surface area contributed by atoms with Gasteiger partial charge >= 0.3 is 0 Å². The molecule has 2 amide bonds. The molecule has 0 saturated carbocycles. The smallest absolute Gasteiger partial charge is 0.238 e. The summed E-state index contributed by atoms with van der Waals surface area (Å²) < 4.78 is 14.0. The van der Waals surface area contributed by atoms with Crippen LogP contribution < -0.4 is 10.2 Å². The van der Waals surface area contributed by atoms with Gasteiger partial charge in [-0.1, -0.05) is 18.2 Å². The summed E-state index contributed by atoms with van der Waals surface area (Å²) in [6.45, 7) is 5.24. The van der Waals surface area contributed by atoms with Gasteiger partial charge in [-0.3, -0.25) is 14.5 Å². The summed E-state index contributed by atoms with van der Waals surface area (Å²) in [5.41, 5.74) is 1.86. The Morgan fingerprint density at radius 1 is 1.32 bits per heavy atom. The fourth-order valence-electron chi connectivity index (χ4n) is 2.81. The Morgan fingerprint density at radius 3 is 2.75 bits per heavy atom. The third-order valence-corrected chi connectivity index (χ3v) is 6.56. The molecule has 0 radical (unpaired) electrons. The molecule has 1 fully saturated rings. The summed E-state index contributed by atoms with van der Waals surface area (Å²) in [5.74, 6) is -0.0672. The monoisotopic (exact) mass is 420 g/mol. The van der Waals surface area contributed by atoms with E-state index in [2.05, 4.69) is 5.32 Å². The lowest BCUT2D eigenvalue weighted by Gasteiger charge is -2.25. The molecule has 1 atom stereocenters. The van der Waals surface area contributed by atoms with Crippen LogP contribution in [0.5, 0.6) is 0 Å². The first-order valence-electron chi connectivity index (χ1n) is 8.90. The van der Waals surface area contributed by atoms with Gasteiger partial charge < -0.3 is 5.32 Å². The molecular formula is C21H22ClFN2O2S. The standard InChI is InChI=1S/C21H22ClFN2O2S/c1-13-7-8-16(10-17(13)23)25-18(26)11-28-19(25)14-5-4-6-15(9-14)24-20(27)21(2,3)12-22/h4-10,19H,11-12H2,1-3H3,(H,24,27)/t19-/m0/s1. The van der Waals surface area contributed by atoms with Crippen molar-refractivity contribution in [3.63, 3.8) is 0 Å². The normalized spacial score (nSPS) is 17.1. The van der Waals surface area contributed by atoms with E-state index in [1.165, 1.54) is 17.8 Å². The number of anilines is 2. The van der Waals surface area contributed by atoms with Crippen molar-refractivity contribution in [1.29, 1.82) is 0 Å². The van der Waals surface area contributed by atoms with Gasteiger partial charge in [-0.25, -0.2) is 4.39 Å². The number of rotatable bonds is 5. The second-order valence-corrected chi connectivity index (χ2v) is 8.79. The molecule has 7 heteroatoms. The van der Waals surface area contributed by atoms with Gasteiger partial charge in [0.1, 0.15) is 11.2 Å². The highest BCUT2D eigenvalue weighted by Crippen LogP contribution is 2.42. The molecule has 4 nitrogen and oxygen atoms in total. The van der Waals surface area contributed by atoms with E-state index in [1.807, 2.05) is 18.2 Å². The van der Waals surface area contributed by atoms with E-state index >= 15 is 0 Å². The lowest BCUT2D eigenvalue weighted by Crippen LogP contribution is -2.32. The number of nitrogens with zero attached hydrogens (tertiary/aromatic N) is 1. The van der Waals surface area contributed by atoms with Crippen LogP contribution in [0.3, 0.4) is 0 Å². The summed E-state index contributed by atoms with van der Waals surface area (Å²) in [4.78, 5) is 26.5. The van der Waals surface area contributed by atoms with E-state index < -0.39 is 5.41 Å². The van der Waals surface area contributed by atoms with Gasteiger partial charge in [0.2, 0.25) is 11.8 Å². The summed E-state index contributed by atoms with van der Waals surface area (Å²) in [7, 11) is 0. The highest BCUT2D eigenvalue weighted by molar-refractivity contribution is 8.00. The number of alkyl halides is 1. The fraction of sp³-hybridized carbons (Fsp3) is 0.333. The second kappa shape index (κ2) is 8.13. The number of benzene rings is 2. The van der Waals surface area contributed by atoms with E-state index in [-0.39, 0.29) is 28.9 Å². The van der Waals surface area contributed by atoms with Gasteiger partial charge in [0.05, 0.1) is 11.2 Å². The molecule has 28 heavy (non-hydrogen) atoms. The zero-order valence-electron chi connectivity index (χ0n) is 16.0. The van der Waals surface area contributed by atoms with Gasteiger partial charge in [0.25, 0.3) is 0 Å². The number of hydrogen-bond acceptors (Lipinski definition) is 3. The molecule has 1 aliphatic rings. The van der Waals surface area contributed by atoms with Crippen molar-refractivity contribution in [2.75, 3.05) is 21.8 Å². The van der Waals surface area contributed by atoms with Crippen LogP contribution in [0, 0.1) is 18.2 Å². The van der Waals surface area contributed by atoms with Crippen molar-refractivity contribution in [1.82, 2.24) is 0 Å². The maximum Gasteiger partial charge on any atom is 0.238 e. The minimum absolute atomic E-state index is 0.0732. The summed E-state index contributed by atoms with van der Waals surface area (Å²) in [5, 5.41) is 2.60. The van der Waals surface area contributed by atoms with Gasteiger partial charge in [-0.15, -0.1) is 23.4 Å². The number of carbonyl (C=O) groups is 2. The number of aryl methyl sites for hydroxylation is 1. The lowest BCUT2D eigenvalue weighted by atomic mass is 9.95. The predicted molar refractivity (Wildman–Crippen MR) is 113 cm³/mol. The van der Waals surface area contributed by atoms with Crippen LogP contribution in [0.2, 0.25) is 0 Å². The van der Waals surface area contributed by atoms with E-state index in [1.54, 1.807) is 43.9 Å². The molecule has 2 aromatic rings. The van der Waals surface area contributed by atoms with Crippen molar-refractivity contribution in [3.05, 3.63) is 59.4 Å². The largest absolute Gasteiger partial charge is 0.326 e. The SMILES string of the molecule is Cc1ccc(N2C(=O)CS[C@H]2c2cccc(NC(=O)C(C)(C)CCl)c2)cc1F. The minimum Gasteiger partial charge on any atom is -0.326 e. The molecule has 0 bridgehead atoms. The summed E-state index contributed by atoms with van der Waals surface area (Å²) in [6, 6.07) is 12.2. The third kappa shape index (κ3) is 4.18. The van der Waals surface area contributed by atoms with Crippen molar-refractivity contribution in [3.8, 4) is 0 Å². The first-order valence-corrected chi connectivity index (χ1v) is 10.5. The second-order valence-electron chi connectivity index (χ2n) is 7.46. The van der Waals surface area contributed by atoms with Gasteiger partial charge in [0.15, 0.2) is 0 Å². The average molecular weight is 421 g/mol. The molecule has 0 aliphatic carbocycles. The quantitative estimate of drug-likeness (QED) is 0.683. The average Bonchev–Trinajstić information content (AvgIpc) is 3.05. The van der Waals surface area contributed by atoms with E-state index in [4.69, 9.17) is 11.6 Å². The lowest BCUT2D eigenvalue weighted by molar-refractivity contribution is -0.123. The van der Waals surface area contributed by atoms with Crippen LogP contribution in [0.25, 0.3) is 0 Å². The van der Waals surface area contributed by atoms with Crippen molar-refractivity contribution < 1.29 is 14.0 Å². The Hall–Kier alpha value is -2.05. The molecule has 1 heterocycles. The Morgan fingerprint density at radius 2 is 2.07 bits per heavy atom. The number of thioether (sulfide) groups is 1. The number of hydrogen-bond donors (Lipinski definition) is 1. The zero-order valence-corrected chi connectivity index (χ0v) is 17.5. The predicted octanol–water partition coefficient (Wildman–Crippen LogP) is 5.12. The molecule has 0 unspecified atom stereocenters. The summed E-state index contributed by atoms with van der Waals surface area (Å²) >= 11 is 7.35. The third-order valence-electron chi connectivity index (χ3n) is 4.68. The molecule has 0 spiro atoms. The van der Waals surface area contributed by atoms with Crippen LogP contribution in [0.1, 0.15) is 30.3 Å². The van der Waals surface area contributed by atoms with E-state index in [0.29, 0.717) is 22.7 Å².